The predicted octanol–water partition coefficient (Wildman–Crippen LogP) is 3.95. The minimum absolute atomic E-state index is 0.118. The summed E-state index contributed by atoms with van der Waals surface area (Å²) < 4.78 is 44.9. The monoisotopic (exact) mass is 392 g/mol. The first kappa shape index (κ1) is 19.7. The molecule has 5 nitrogen and oxygen atoms in total. The average Bonchev–Trinajstić information content (AvgIpc) is 3.07. The van der Waals surface area contributed by atoms with Crippen LogP contribution in [-0.4, -0.2) is 30.0 Å². The van der Waals surface area contributed by atoms with Crippen LogP contribution in [0.5, 0.6) is 0 Å². The highest BCUT2D eigenvalue weighted by molar-refractivity contribution is 5.93. The standard InChI is InChI=1S/C20H19F3N2O3/c1-12-9-25(20(27)28-11-13-5-3-2-4-6-13)10-15(12)19(26)24-14-7-16(21)18(23)17(22)8-14/h2-8,12,15H,9-11H2,1H3,(H,24,26)/t12-,15+/m0/s1. The van der Waals surface area contributed by atoms with Gasteiger partial charge in [0, 0.05) is 30.9 Å². The molecule has 2 aromatic rings. The number of benzene rings is 2. The number of hydrogen-bond acceptors (Lipinski definition) is 3. The number of ether oxygens (including phenoxy) is 1. The summed E-state index contributed by atoms with van der Waals surface area (Å²) in [7, 11) is 0. The molecule has 1 fully saturated rings. The second-order valence-electron chi connectivity index (χ2n) is 6.77. The molecule has 2 atom stereocenters. The lowest BCUT2D eigenvalue weighted by Gasteiger charge is -2.16. The van der Waals surface area contributed by atoms with Crippen LogP contribution >= 0.6 is 0 Å². The topological polar surface area (TPSA) is 58.6 Å². The van der Waals surface area contributed by atoms with Gasteiger partial charge in [0.25, 0.3) is 0 Å². The van der Waals surface area contributed by atoms with E-state index in [9.17, 15) is 22.8 Å². The first-order chi connectivity index (χ1) is 13.3. The number of anilines is 1. The molecule has 1 aliphatic heterocycles. The van der Waals surface area contributed by atoms with Gasteiger partial charge in [-0.15, -0.1) is 0 Å². The lowest BCUT2D eigenvalue weighted by atomic mass is 9.97. The number of likely N-dealkylation sites (tertiary alicyclic amines) is 1. The molecular formula is C20H19F3N2O3. The first-order valence-corrected chi connectivity index (χ1v) is 8.76. The van der Waals surface area contributed by atoms with Gasteiger partial charge in [-0.05, 0) is 11.5 Å². The molecular weight excluding hydrogens is 373 g/mol. The molecule has 28 heavy (non-hydrogen) atoms. The van der Waals surface area contributed by atoms with Crippen molar-refractivity contribution in [1.82, 2.24) is 4.90 Å². The number of rotatable bonds is 4. The lowest BCUT2D eigenvalue weighted by molar-refractivity contribution is -0.120. The summed E-state index contributed by atoms with van der Waals surface area (Å²) in [4.78, 5) is 26.1. The maximum atomic E-state index is 13.3. The van der Waals surface area contributed by atoms with Gasteiger partial charge >= 0.3 is 6.09 Å². The smallest absolute Gasteiger partial charge is 0.410 e. The molecule has 3 rings (SSSR count). The zero-order chi connectivity index (χ0) is 20.3. The van der Waals surface area contributed by atoms with Crippen LogP contribution in [0, 0.1) is 29.3 Å². The van der Waals surface area contributed by atoms with Gasteiger partial charge in [0.05, 0.1) is 5.92 Å². The number of amides is 2. The lowest BCUT2D eigenvalue weighted by Crippen LogP contribution is -2.32. The Morgan fingerprint density at radius 3 is 2.39 bits per heavy atom. The van der Waals surface area contributed by atoms with Gasteiger partial charge in [-0.3, -0.25) is 4.79 Å². The van der Waals surface area contributed by atoms with Crippen LogP contribution in [0.1, 0.15) is 12.5 Å². The van der Waals surface area contributed by atoms with E-state index in [-0.39, 0.29) is 24.8 Å². The van der Waals surface area contributed by atoms with Crippen LogP contribution < -0.4 is 5.32 Å². The SMILES string of the molecule is C[C@H]1CN(C(=O)OCc2ccccc2)C[C@H]1C(=O)Nc1cc(F)c(F)c(F)c1. The van der Waals surface area contributed by atoms with Gasteiger partial charge in [-0.2, -0.15) is 0 Å². The van der Waals surface area contributed by atoms with Crippen LogP contribution in [0.2, 0.25) is 0 Å². The van der Waals surface area contributed by atoms with Crippen molar-refractivity contribution in [2.75, 3.05) is 18.4 Å². The van der Waals surface area contributed by atoms with Crippen molar-refractivity contribution >= 4 is 17.7 Å². The predicted molar refractivity (Wildman–Crippen MR) is 95.8 cm³/mol. The molecule has 1 heterocycles. The number of nitrogens with one attached hydrogen (secondary N) is 1. The molecule has 1 aliphatic rings. The van der Waals surface area contributed by atoms with E-state index in [0.717, 1.165) is 5.56 Å². The summed E-state index contributed by atoms with van der Waals surface area (Å²) in [6, 6.07) is 10.6. The molecule has 2 amide bonds. The molecule has 0 saturated carbocycles. The molecule has 0 aliphatic carbocycles. The van der Waals surface area contributed by atoms with E-state index in [1.807, 2.05) is 30.3 Å². The van der Waals surface area contributed by atoms with E-state index in [0.29, 0.717) is 18.7 Å². The quantitative estimate of drug-likeness (QED) is 0.802. The highest BCUT2D eigenvalue weighted by Gasteiger charge is 2.37. The van der Waals surface area contributed by atoms with Gasteiger partial charge in [0.15, 0.2) is 17.5 Å². The van der Waals surface area contributed by atoms with Gasteiger partial charge in [0.1, 0.15) is 6.61 Å². The van der Waals surface area contributed by atoms with E-state index in [1.54, 1.807) is 6.92 Å². The summed E-state index contributed by atoms with van der Waals surface area (Å²) in [6.07, 6.45) is -0.537. The zero-order valence-corrected chi connectivity index (χ0v) is 15.1. The fourth-order valence-corrected chi connectivity index (χ4v) is 3.13. The van der Waals surface area contributed by atoms with Crippen molar-refractivity contribution in [1.29, 1.82) is 0 Å². The molecule has 148 valence electrons. The summed E-state index contributed by atoms with van der Waals surface area (Å²) >= 11 is 0. The number of halogens is 3. The van der Waals surface area contributed by atoms with E-state index < -0.39 is 35.4 Å². The third-order valence-electron chi connectivity index (χ3n) is 4.66. The van der Waals surface area contributed by atoms with Crippen molar-refractivity contribution in [3.63, 3.8) is 0 Å². The van der Waals surface area contributed by atoms with Crippen molar-refractivity contribution in [3.05, 3.63) is 65.5 Å². The number of hydrogen-bond donors (Lipinski definition) is 1. The largest absolute Gasteiger partial charge is 0.445 e. The molecule has 0 aromatic heterocycles. The highest BCUT2D eigenvalue weighted by Crippen LogP contribution is 2.26. The number of carbonyl (C=O) groups excluding carboxylic acids is 2. The Bertz CT molecular complexity index is 853. The second-order valence-corrected chi connectivity index (χ2v) is 6.77. The Morgan fingerprint density at radius 2 is 1.75 bits per heavy atom. The molecule has 1 N–H and O–H groups in total. The molecule has 8 heteroatoms. The first-order valence-electron chi connectivity index (χ1n) is 8.76. The van der Waals surface area contributed by atoms with Crippen molar-refractivity contribution < 1.29 is 27.5 Å². The van der Waals surface area contributed by atoms with Crippen LogP contribution in [-0.2, 0) is 16.1 Å². The summed E-state index contributed by atoms with van der Waals surface area (Å²) in [5.74, 6) is -5.64. The molecule has 0 bridgehead atoms. The number of carbonyl (C=O) groups is 2. The third-order valence-corrected chi connectivity index (χ3v) is 4.66. The van der Waals surface area contributed by atoms with Crippen molar-refractivity contribution in [3.8, 4) is 0 Å². The summed E-state index contributed by atoms with van der Waals surface area (Å²) in [5, 5.41) is 2.38. The van der Waals surface area contributed by atoms with E-state index >= 15 is 0 Å². The highest BCUT2D eigenvalue weighted by atomic mass is 19.2. The Balaban J connectivity index is 1.58. The molecule has 0 radical (unpaired) electrons. The zero-order valence-electron chi connectivity index (χ0n) is 15.1. The van der Waals surface area contributed by atoms with Crippen LogP contribution in [0.3, 0.4) is 0 Å². The Morgan fingerprint density at radius 1 is 1.11 bits per heavy atom. The van der Waals surface area contributed by atoms with E-state index in [1.165, 1.54) is 4.90 Å². The fourth-order valence-electron chi connectivity index (χ4n) is 3.13. The Kier molecular flexibility index (Phi) is 5.87. The van der Waals surface area contributed by atoms with Gasteiger partial charge in [0.2, 0.25) is 5.91 Å². The van der Waals surface area contributed by atoms with Gasteiger partial charge < -0.3 is 15.0 Å². The Labute approximate surface area is 160 Å². The van der Waals surface area contributed by atoms with Crippen LogP contribution in [0.4, 0.5) is 23.7 Å². The third kappa shape index (κ3) is 4.44. The van der Waals surface area contributed by atoms with Gasteiger partial charge in [-0.25, -0.2) is 18.0 Å². The summed E-state index contributed by atoms with van der Waals surface area (Å²) in [6.45, 7) is 2.35. The minimum Gasteiger partial charge on any atom is -0.445 e. The van der Waals surface area contributed by atoms with Crippen LogP contribution in [0.15, 0.2) is 42.5 Å². The summed E-state index contributed by atoms with van der Waals surface area (Å²) in [5.41, 5.74) is 0.663. The van der Waals surface area contributed by atoms with Crippen LogP contribution in [0.25, 0.3) is 0 Å². The molecule has 0 unspecified atom stereocenters. The van der Waals surface area contributed by atoms with Gasteiger partial charge in [-0.1, -0.05) is 37.3 Å². The fraction of sp³-hybridized carbons (Fsp3) is 0.300. The Hall–Kier alpha value is -3.03. The molecule has 0 spiro atoms. The van der Waals surface area contributed by atoms with Crippen molar-refractivity contribution in [2.24, 2.45) is 11.8 Å². The minimum atomic E-state index is -1.60. The second kappa shape index (κ2) is 8.33. The van der Waals surface area contributed by atoms with E-state index in [2.05, 4.69) is 5.32 Å². The molecule has 1 saturated heterocycles. The maximum absolute atomic E-state index is 13.3. The average molecular weight is 392 g/mol. The maximum Gasteiger partial charge on any atom is 0.410 e. The van der Waals surface area contributed by atoms with Crippen molar-refractivity contribution in [2.45, 2.75) is 13.5 Å². The molecule has 2 aromatic carbocycles. The van der Waals surface area contributed by atoms with E-state index in [4.69, 9.17) is 4.74 Å². The number of nitrogens with zero attached hydrogens (tertiary/aromatic N) is 1. The normalized spacial score (nSPS) is 18.8.